The summed E-state index contributed by atoms with van der Waals surface area (Å²) in [5, 5.41) is 4.00. The van der Waals surface area contributed by atoms with E-state index in [0.29, 0.717) is 17.7 Å². The lowest BCUT2D eigenvalue weighted by Crippen LogP contribution is -2.53. The normalized spacial score (nSPS) is 16.9. The summed E-state index contributed by atoms with van der Waals surface area (Å²) in [5.41, 5.74) is -2.18. The number of nitrogens with one attached hydrogen (secondary N) is 2. The van der Waals surface area contributed by atoms with Crippen molar-refractivity contribution in [2.24, 2.45) is 11.8 Å². The number of benzene rings is 3. The van der Waals surface area contributed by atoms with Crippen LogP contribution in [0.2, 0.25) is 0 Å². The van der Waals surface area contributed by atoms with Gasteiger partial charge >= 0.3 is 30.9 Å². The van der Waals surface area contributed by atoms with E-state index in [2.05, 4.69) is 14.8 Å². The number of carbonyl (C=O) groups is 2. The van der Waals surface area contributed by atoms with Crippen LogP contribution in [-0.4, -0.2) is 51.2 Å². The highest BCUT2D eigenvalue weighted by molar-refractivity contribution is 5.76. The van der Waals surface area contributed by atoms with Gasteiger partial charge in [0.2, 0.25) is 0 Å². The van der Waals surface area contributed by atoms with E-state index in [0.717, 1.165) is 55.7 Å². The third-order valence-electron chi connectivity index (χ3n) is 8.17. The van der Waals surface area contributed by atoms with Gasteiger partial charge in [0.15, 0.2) is 0 Å². The fraction of sp³-hybridized carbons (Fsp3) is 0.412. The molecule has 17 heteroatoms. The summed E-state index contributed by atoms with van der Waals surface area (Å²) in [7, 11) is 1.31. The van der Waals surface area contributed by atoms with Gasteiger partial charge in [-0.05, 0) is 65.9 Å². The number of ether oxygens (including phenoxy) is 4. The molecule has 2 amide bonds. The Bertz CT molecular complexity index is 1570. The molecule has 1 saturated carbocycles. The number of carbonyl (C=O) groups excluding carboxylic acids is 2. The molecule has 0 saturated heterocycles. The highest BCUT2D eigenvalue weighted by Crippen LogP contribution is 2.39. The average Bonchev–Trinajstić information content (AvgIpc) is 3.05. The molecule has 0 heterocycles. The molecular formula is C34H33F9N2O6. The summed E-state index contributed by atoms with van der Waals surface area (Å²) >= 11 is 0. The molecule has 2 N–H and O–H groups in total. The maximum Gasteiger partial charge on any atom is 0.573 e. The van der Waals surface area contributed by atoms with Crippen molar-refractivity contribution >= 4 is 12.0 Å². The molecule has 0 aromatic heterocycles. The zero-order chi connectivity index (χ0) is 37.5. The Morgan fingerprint density at radius 3 is 1.80 bits per heavy atom. The van der Waals surface area contributed by atoms with Crippen LogP contribution >= 0.6 is 0 Å². The largest absolute Gasteiger partial charge is 0.573 e. The second-order valence-corrected chi connectivity index (χ2v) is 11.8. The number of amides is 2. The van der Waals surface area contributed by atoms with Crippen molar-refractivity contribution in [2.75, 3.05) is 20.3 Å². The second kappa shape index (κ2) is 16.0. The van der Waals surface area contributed by atoms with Crippen LogP contribution in [0.25, 0.3) is 0 Å². The number of hydrogen-bond donors (Lipinski definition) is 2. The Morgan fingerprint density at radius 2 is 1.29 bits per heavy atom. The molecule has 8 nitrogen and oxygen atoms in total. The molecule has 0 spiro atoms. The minimum atomic E-state index is -5.16. The van der Waals surface area contributed by atoms with Gasteiger partial charge < -0.3 is 29.6 Å². The monoisotopic (exact) mass is 736 g/mol. The number of urea groups is 1. The highest BCUT2D eigenvalue weighted by atomic mass is 19.4. The van der Waals surface area contributed by atoms with Gasteiger partial charge in [0.05, 0.1) is 25.2 Å². The Labute approximate surface area is 286 Å². The van der Waals surface area contributed by atoms with E-state index in [-0.39, 0.29) is 35.5 Å². The average molecular weight is 737 g/mol. The number of rotatable bonds is 12. The van der Waals surface area contributed by atoms with Crippen molar-refractivity contribution < 1.29 is 68.1 Å². The van der Waals surface area contributed by atoms with E-state index in [1.807, 2.05) is 0 Å². The summed E-state index contributed by atoms with van der Waals surface area (Å²) < 4.78 is 137. The van der Waals surface area contributed by atoms with Crippen LogP contribution < -0.4 is 24.8 Å². The number of esters is 1. The molecule has 0 bridgehead atoms. The van der Waals surface area contributed by atoms with E-state index in [9.17, 15) is 49.1 Å². The number of alkyl halides is 9. The molecule has 4 rings (SSSR count). The molecule has 1 fully saturated rings. The van der Waals surface area contributed by atoms with Crippen LogP contribution in [0.15, 0.2) is 72.8 Å². The van der Waals surface area contributed by atoms with Gasteiger partial charge in [-0.15, -0.1) is 26.3 Å². The third kappa shape index (κ3) is 11.6. The van der Waals surface area contributed by atoms with Crippen LogP contribution in [0.3, 0.4) is 0 Å². The molecule has 0 aliphatic heterocycles. The Morgan fingerprint density at radius 1 is 0.745 bits per heavy atom. The van der Waals surface area contributed by atoms with E-state index in [1.54, 1.807) is 5.32 Å². The molecule has 2 atom stereocenters. The van der Waals surface area contributed by atoms with E-state index < -0.39 is 54.9 Å². The Kier molecular flexibility index (Phi) is 12.2. The lowest BCUT2D eigenvalue weighted by molar-refractivity contribution is -0.275. The second-order valence-electron chi connectivity index (χ2n) is 11.8. The lowest BCUT2D eigenvalue weighted by Gasteiger charge is -2.37. The van der Waals surface area contributed by atoms with Crippen molar-refractivity contribution in [2.45, 2.75) is 56.5 Å². The van der Waals surface area contributed by atoms with Gasteiger partial charge in [-0.25, -0.2) is 4.79 Å². The predicted molar refractivity (Wildman–Crippen MR) is 163 cm³/mol. The van der Waals surface area contributed by atoms with E-state index in [1.165, 1.54) is 43.5 Å². The molecule has 0 radical (unpaired) electrons. The van der Waals surface area contributed by atoms with Gasteiger partial charge in [-0.2, -0.15) is 13.2 Å². The molecule has 3 aromatic carbocycles. The van der Waals surface area contributed by atoms with Crippen molar-refractivity contribution in [3.63, 3.8) is 0 Å². The number of methoxy groups -OCH3 is 1. The van der Waals surface area contributed by atoms with Crippen molar-refractivity contribution in [1.82, 2.24) is 10.6 Å². The maximum atomic E-state index is 13.2. The summed E-state index contributed by atoms with van der Waals surface area (Å²) in [4.78, 5) is 25.3. The van der Waals surface area contributed by atoms with Crippen LogP contribution in [0.4, 0.5) is 44.3 Å². The first-order valence-electron chi connectivity index (χ1n) is 15.5. The van der Waals surface area contributed by atoms with Gasteiger partial charge in [0.25, 0.3) is 0 Å². The topological polar surface area (TPSA) is 95.1 Å². The van der Waals surface area contributed by atoms with Crippen molar-refractivity contribution in [3.8, 4) is 17.2 Å². The first kappa shape index (κ1) is 39.0. The molecule has 1 aliphatic rings. The fourth-order valence-electron chi connectivity index (χ4n) is 5.98. The fourth-order valence-corrected chi connectivity index (χ4v) is 5.98. The molecule has 0 unspecified atom stereocenters. The summed E-state index contributed by atoms with van der Waals surface area (Å²) in [6.45, 7) is -1.62. The van der Waals surface area contributed by atoms with Crippen LogP contribution in [0.1, 0.15) is 42.4 Å². The minimum Gasteiger partial charge on any atom is -0.493 e. The molecule has 1 aliphatic carbocycles. The van der Waals surface area contributed by atoms with Gasteiger partial charge in [0.1, 0.15) is 23.8 Å². The van der Waals surface area contributed by atoms with Gasteiger partial charge in [0, 0.05) is 12.3 Å². The number of hydrogen-bond acceptors (Lipinski definition) is 6. The molecular weight excluding hydrogens is 703 g/mol. The first-order chi connectivity index (χ1) is 23.9. The molecule has 51 heavy (non-hydrogen) atoms. The van der Waals surface area contributed by atoms with E-state index in [4.69, 9.17) is 9.47 Å². The van der Waals surface area contributed by atoms with Crippen LogP contribution in [0.5, 0.6) is 17.2 Å². The lowest BCUT2D eigenvalue weighted by atomic mass is 9.77. The summed E-state index contributed by atoms with van der Waals surface area (Å²) in [6.07, 6.45) is -12.4. The number of halogens is 9. The van der Waals surface area contributed by atoms with Gasteiger partial charge in [-0.1, -0.05) is 49.2 Å². The van der Waals surface area contributed by atoms with Crippen LogP contribution in [-0.2, 0) is 21.5 Å². The smallest absolute Gasteiger partial charge is 0.493 e. The zero-order valence-electron chi connectivity index (χ0n) is 26.9. The third-order valence-corrected chi connectivity index (χ3v) is 8.17. The van der Waals surface area contributed by atoms with E-state index >= 15 is 0 Å². The van der Waals surface area contributed by atoms with Crippen molar-refractivity contribution in [3.05, 3.63) is 89.5 Å². The highest BCUT2D eigenvalue weighted by Gasteiger charge is 2.40. The Hall–Kier alpha value is -4.83. The minimum absolute atomic E-state index is 0.115. The molecule has 3 aromatic rings. The summed E-state index contributed by atoms with van der Waals surface area (Å²) in [5.74, 6) is -1.99. The van der Waals surface area contributed by atoms with Gasteiger partial charge in [-0.3, -0.25) is 4.79 Å². The zero-order valence-corrected chi connectivity index (χ0v) is 26.9. The standard InChI is InChI=1S/C34H33F9N2O6/c1-48-29(46)28-11-3-2-6-22(28)19-49-25-14-12-21(13-15-25)18-31(45-30(47)44-20-32(35,36)37,23-7-4-9-26(16-23)50-33(38,39)40)24-8-5-10-27(17-24)51-34(41,42)43/h4-5,7-10,12-17,22,28H,2-3,6,11,18-20H2,1H3,(H2,44,45,47)/t22-,28+/m0/s1. The van der Waals surface area contributed by atoms with Crippen molar-refractivity contribution in [1.29, 1.82) is 0 Å². The Balaban J connectivity index is 1.76. The van der Waals surface area contributed by atoms with Crippen LogP contribution in [0, 0.1) is 11.8 Å². The first-order valence-corrected chi connectivity index (χ1v) is 15.5. The molecule has 278 valence electrons. The maximum absolute atomic E-state index is 13.2. The quantitative estimate of drug-likeness (QED) is 0.144. The SMILES string of the molecule is COC(=O)[C@@H]1CCCC[C@H]1COc1ccc(CC(NC(=O)NCC(F)(F)F)(c2cccc(OC(F)(F)F)c2)c2cccc(OC(F)(F)F)c2)cc1. The summed E-state index contributed by atoms with van der Waals surface area (Å²) in [6, 6.07) is 12.9. The predicted octanol–water partition coefficient (Wildman–Crippen LogP) is 8.19.